The molecule has 200 valence electrons. The van der Waals surface area contributed by atoms with Gasteiger partial charge in [0.15, 0.2) is 67.9 Å². The molecule has 8 rings (SSSR count). The highest BCUT2D eigenvalue weighted by Gasteiger charge is 2.58. The largest absolute Gasteiger partial charge is 0.339 e. The minimum Gasteiger partial charge on any atom is -0.263 e. The molecule has 0 saturated carbocycles. The zero-order chi connectivity index (χ0) is 27.6. The molecule has 0 N–H and O–H groups in total. The van der Waals surface area contributed by atoms with Gasteiger partial charge in [-0.25, -0.2) is 27.9 Å². The van der Waals surface area contributed by atoms with E-state index < -0.39 is 0 Å². The van der Waals surface area contributed by atoms with Crippen molar-refractivity contribution in [2.45, 2.75) is 20.1 Å². The number of fused-ring (bicyclic) bond motifs is 2. The lowest BCUT2D eigenvalue weighted by molar-refractivity contribution is -0.268. The van der Waals surface area contributed by atoms with Crippen LogP contribution in [0, 0.1) is 0 Å². The molecular formula is C26H16N9O2S4+. The molecule has 0 atom stereocenters. The van der Waals surface area contributed by atoms with E-state index in [-0.39, 0.29) is 11.4 Å². The Bertz CT molecular complexity index is 1750. The second kappa shape index (κ2) is 9.53. The Morgan fingerprint density at radius 3 is 0.951 bits per heavy atom. The van der Waals surface area contributed by atoms with Gasteiger partial charge < -0.3 is 0 Å². The van der Waals surface area contributed by atoms with Gasteiger partial charge in [0.05, 0.1) is 47.5 Å². The van der Waals surface area contributed by atoms with Crippen molar-refractivity contribution in [3.8, 4) is 22.7 Å². The third-order valence-corrected chi connectivity index (χ3v) is 12.4. The third-order valence-electron chi connectivity index (χ3n) is 6.35. The van der Waals surface area contributed by atoms with Crippen molar-refractivity contribution in [2.75, 3.05) is 0 Å². The van der Waals surface area contributed by atoms with E-state index in [0.717, 1.165) is 20.1 Å². The molecule has 1 spiro atoms. The van der Waals surface area contributed by atoms with Gasteiger partial charge in [0.1, 0.15) is 0 Å². The van der Waals surface area contributed by atoms with Crippen molar-refractivity contribution in [1.82, 2.24) is 38.2 Å². The van der Waals surface area contributed by atoms with Crippen LogP contribution < -0.4 is 11.4 Å². The van der Waals surface area contributed by atoms with Gasteiger partial charge in [-0.15, -0.1) is 0 Å². The maximum atomic E-state index is 13.9. The van der Waals surface area contributed by atoms with Crippen LogP contribution in [0.1, 0.15) is 0 Å². The van der Waals surface area contributed by atoms with Crippen LogP contribution in [0.15, 0.2) is 128 Å². The molecule has 2 aliphatic rings. The van der Waals surface area contributed by atoms with Crippen LogP contribution in [0.4, 0.5) is 0 Å². The van der Waals surface area contributed by atoms with Crippen LogP contribution >= 0.6 is 47.8 Å². The molecule has 0 aliphatic carbocycles. The first kappa shape index (κ1) is 24.8. The summed E-state index contributed by atoms with van der Waals surface area (Å²) in [6.45, 7) is 0. The van der Waals surface area contributed by atoms with Gasteiger partial charge in [0.2, 0.25) is 0 Å². The topological polar surface area (TPSA) is 105 Å². The summed E-state index contributed by atoms with van der Waals surface area (Å²) < 4.78 is 7.07. The van der Waals surface area contributed by atoms with Crippen LogP contribution in [0.5, 0.6) is 0 Å². The second-order valence-corrected chi connectivity index (χ2v) is 14.6. The molecule has 0 fully saturated rings. The maximum Gasteiger partial charge on any atom is 0.339 e. The summed E-state index contributed by atoms with van der Waals surface area (Å²) in [5.41, 5.74) is 2.28. The number of imidazole rings is 2. The van der Waals surface area contributed by atoms with Crippen molar-refractivity contribution in [3.63, 3.8) is 0 Å². The number of nitrogens with zero attached hydrogens (tertiary/aromatic N) is 9. The fraction of sp³-hybridized carbons (Fsp3) is 0. The van der Waals surface area contributed by atoms with E-state index in [9.17, 15) is 9.59 Å². The Balaban J connectivity index is 1.30. The SMILES string of the molecule is O=c1n(-c2cccnc2)c2c(n1-c1cccnc1)S[N+]1(S2)Sc2c(n(-c3cccnc3)c(=O)n2-c2cccnc2)S1. The Labute approximate surface area is 249 Å². The summed E-state index contributed by atoms with van der Waals surface area (Å²) in [5, 5.41) is 3.13. The Hall–Kier alpha value is -4.02. The van der Waals surface area contributed by atoms with Gasteiger partial charge in [-0.05, 0) is 48.5 Å². The van der Waals surface area contributed by atoms with E-state index in [1.165, 1.54) is 47.8 Å². The third kappa shape index (κ3) is 3.84. The average Bonchev–Trinajstić information content (AvgIpc) is 3.69. The monoisotopic (exact) mass is 614 g/mol. The molecule has 15 heteroatoms. The molecule has 0 saturated heterocycles. The average molecular weight is 615 g/mol. The van der Waals surface area contributed by atoms with Crippen molar-refractivity contribution in [2.24, 2.45) is 0 Å². The number of quaternary nitrogens is 1. The predicted octanol–water partition coefficient (Wildman–Crippen LogP) is 4.72. The van der Waals surface area contributed by atoms with Crippen LogP contribution in [-0.2, 0) is 0 Å². The molecule has 0 unspecified atom stereocenters. The van der Waals surface area contributed by atoms with Crippen molar-refractivity contribution < 1.29 is 2.10 Å². The first-order valence-corrected chi connectivity index (χ1v) is 15.3. The molecule has 0 bridgehead atoms. The van der Waals surface area contributed by atoms with Gasteiger partial charge in [-0.2, -0.15) is 0 Å². The number of hydrogen-bond donors (Lipinski definition) is 0. The standard InChI is InChI=1S/C26H16N9O2S4/c36-25-31(17-5-1-9-27-13-17)21-22(32(25)18-6-2-10-28-14-18)39-35(38-21)40-23-24(41-35)34(20-8-4-12-30-16-20)26(37)33(23)19-7-3-11-29-15-19/h1-16H/q+1. The fourth-order valence-electron chi connectivity index (χ4n) is 4.64. The highest BCUT2D eigenvalue weighted by Crippen LogP contribution is 2.71. The van der Waals surface area contributed by atoms with E-state index in [0.29, 0.717) is 24.9 Å². The van der Waals surface area contributed by atoms with Gasteiger partial charge in [0, 0.05) is 24.8 Å². The van der Waals surface area contributed by atoms with Crippen molar-refractivity contribution in [1.29, 1.82) is 0 Å². The number of pyridine rings is 4. The number of hydrogen-bond acceptors (Lipinski definition) is 10. The summed E-state index contributed by atoms with van der Waals surface area (Å²) in [5.74, 6) is 0. The molecule has 0 aromatic carbocycles. The van der Waals surface area contributed by atoms with E-state index in [4.69, 9.17) is 0 Å². The Morgan fingerprint density at radius 1 is 0.463 bits per heavy atom. The smallest absolute Gasteiger partial charge is 0.263 e. The zero-order valence-electron chi connectivity index (χ0n) is 20.7. The quantitative estimate of drug-likeness (QED) is 0.205. The Morgan fingerprint density at radius 2 is 0.732 bits per heavy atom. The van der Waals surface area contributed by atoms with Crippen LogP contribution in [-0.4, -0.2) is 40.3 Å². The molecule has 0 radical (unpaired) electrons. The minimum atomic E-state index is -0.201. The van der Waals surface area contributed by atoms with E-state index in [1.807, 2.05) is 48.5 Å². The van der Waals surface area contributed by atoms with Gasteiger partial charge in [-0.1, -0.05) is 2.10 Å². The molecule has 8 heterocycles. The molecule has 2 aliphatic heterocycles. The lowest BCUT2D eigenvalue weighted by Gasteiger charge is -2.17. The van der Waals surface area contributed by atoms with E-state index in [1.54, 1.807) is 67.8 Å². The highest BCUT2D eigenvalue weighted by molar-refractivity contribution is 8.31. The Kier molecular flexibility index (Phi) is 5.75. The van der Waals surface area contributed by atoms with Crippen molar-refractivity contribution in [3.05, 3.63) is 119 Å². The molecular weight excluding hydrogens is 599 g/mol. The zero-order valence-corrected chi connectivity index (χ0v) is 24.0. The number of rotatable bonds is 4. The number of aromatic nitrogens is 8. The predicted molar refractivity (Wildman–Crippen MR) is 158 cm³/mol. The maximum absolute atomic E-state index is 13.9. The first-order valence-electron chi connectivity index (χ1n) is 12.2. The molecule has 0 amide bonds. The fourth-order valence-corrected chi connectivity index (χ4v) is 11.1. The van der Waals surface area contributed by atoms with Crippen LogP contribution in [0.3, 0.4) is 0 Å². The molecule has 41 heavy (non-hydrogen) atoms. The molecule has 6 aromatic heterocycles. The van der Waals surface area contributed by atoms with Crippen molar-refractivity contribution >= 4 is 47.8 Å². The van der Waals surface area contributed by atoms with Gasteiger partial charge in [-0.3, -0.25) is 19.9 Å². The van der Waals surface area contributed by atoms with Gasteiger partial charge in [0.25, 0.3) is 0 Å². The lowest BCUT2D eigenvalue weighted by Crippen LogP contribution is -2.26. The van der Waals surface area contributed by atoms with E-state index in [2.05, 4.69) is 19.9 Å². The lowest BCUT2D eigenvalue weighted by atomic mass is 10.4. The van der Waals surface area contributed by atoms with E-state index >= 15 is 0 Å². The van der Waals surface area contributed by atoms with Crippen LogP contribution in [0.25, 0.3) is 22.7 Å². The van der Waals surface area contributed by atoms with Gasteiger partial charge >= 0.3 is 11.4 Å². The first-order chi connectivity index (χ1) is 20.1. The molecule has 6 aromatic rings. The summed E-state index contributed by atoms with van der Waals surface area (Å²) in [6, 6.07) is 14.7. The highest BCUT2D eigenvalue weighted by atomic mass is 32.3. The molecule has 11 nitrogen and oxygen atoms in total. The minimum absolute atomic E-state index is 0.201. The second-order valence-electron chi connectivity index (χ2n) is 8.78. The summed E-state index contributed by atoms with van der Waals surface area (Å²) >= 11 is 6.13. The summed E-state index contributed by atoms with van der Waals surface area (Å²) in [6.07, 6.45) is 13.4. The summed E-state index contributed by atoms with van der Waals surface area (Å²) in [7, 11) is 0. The normalized spacial score (nSPS) is 14.8. The summed E-state index contributed by atoms with van der Waals surface area (Å²) in [4.78, 5) is 44.7. The van der Waals surface area contributed by atoms with Crippen LogP contribution in [0.2, 0.25) is 0 Å².